The number of ether oxygens (including phenoxy) is 1. The molecule has 1 aromatic heterocycles. The molecule has 0 atom stereocenters. The Morgan fingerprint density at radius 2 is 1.68 bits per heavy atom. The van der Waals surface area contributed by atoms with Gasteiger partial charge < -0.3 is 4.74 Å². The average molecular weight is 292 g/mol. The van der Waals surface area contributed by atoms with Crippen molar-refractivity contribution < 1.29 is 4.74 Å². The number of rotatable bonds is 3. The van der Waals surface area contributed by atoms with Crippen molar-refractivity contribution in [2.75, 3.05) is 0 Å². The summed E-state index contributed by atoms with van der Waals surface area (Å²) in [5.74, 6) is 0.581. The molecule has 0 N–H and O–H groups in total. The van der Waals surface area contributed by atoms with E-state index in [1.165, 1.54) is 5.56 Å². The third-order valence-electron chi connectivity index (χ3n) is 3.73. The van der Waals surface area contributed by atoms with Gasteiger partial charge in [0.2, 0.25) is 5.88 Å². The molecule has 0 saturated heterocycles. The lowest BCUT2D eigenvalue weighted by atomic mass is 9.87. The Bertz CT molecular complexity index is 768. The summed E-state index contributed by atoms with van der Waals surface area (Å²) in [6.45, 7) is 7.13. The molecule has 22 heavy (non-hydrogen) atoms. The lowest BCUT2D eigenvalue weighted by molar-refractivity contribution is 0.294. The third-order valence-corrected chi connectivity index (χ3v) is 3.73. The van der Waals surface area contributed by atoms with E-state index in [1.54, 1.807) is 6.20 Å². The van der Waals surface area contributed by atoms with Gasteiger partial charge in [0.25, 0.3) is 0 Å². The van der Waals surface area contributed by atoms with Gasteiger partial charge >= 0.3 is 0 Å². The second-order valence-corrected chi connectivity index (χ2v) is 6.47. The van der Waals surface area contributed by atoms with Crippen LogP contribution in [0.5, 0.6) is 5.88 Å². The van der Waals surface area contributed by atoms with E-state index in [2.05, 4.69) is 55.2 Å². The summed E-state index contributed by atoms with van der Waals surface area (Å²) in [6.07, 6.45) is 1.75. The Hall–Kier alpha value is -2.42. The summed E-state index contributed by atoms with van der Waals surface area (Å²) in [4.78, 5) is 0. The standard InChI is InChI=1S/C19H20N2O/c1-19(2,3)16-10-8-14(9-11-16)13-22-18-17-7-5-4-6-15(17)12-20-21-18/h4-12H,13H2,1-3H3. The Balaban J connectivity index is 1.77. The molecule has 0 saturated carbocycles. The minimum atomic E-state index is 0.167. The van der Waals surface area contributed by atoms with Crippen LogP contribution in [0.4, 0.5) is 0 Å². The molecule has 3 rings (SSSR count). The fourth-order valence-corrected chi connectivity index (χ4v) is 2.36. The Labute approximate surface area is 131 Å². The molecule has 0 spiro atoms. The van der Waals surface area contributed by atoms with Crippen LogP contribution in [-0.2, 0) is 12.0 Å². The highest BCUT2D eigenvalue weighted by Gasteiger charge is 2.13. The fraction of sp³-hybridized carbons (Fsp3) is 0.263. The van der Waals surface area contributed by atoms with E-state index in [0.717, 1.165) is 16.3 Å². The van der Waals surface area contributed by atoms with Crippen LogP contribution in [0.3, 0.4) is 0 Å². The van der Waals surface area contributed by atoms with Gasteiger partial charge in [-0.25, -0.2) is 0 Å². The number of nitrogens with zero attached hydrogens (tertiary/aromatic N) is 2. The van der Waals surface area contributed by atoms with Crippen molar-refractivity contribution >= 4 is 10.8 Å². The van der Waals surface area contributed by atoms with E-state index in [-0.39, 0.29) is 5.41 Å². The van der Waals surface area contributed by atoms with E-state index in [9.17, 15) is 0 Å². The molecule has 0 aliphatic carbocycles. The Kier molecular flexibility index (Phi) is 3.80. The van der Waals surface area contributed by atoms with E-state index in [0.29, 0.717) is 12.5 Å². The number of aromatic nitrogens is 2. The predicted molar refractivity (Wildman–Crippen MR) is 89.0 cm³/mol. The molecule has 0 aliphatic heterocycles. The summed E-state index contributed by atoms with van der Waals surface area (Å²) >= 11 is 0. The first-order valence-electron chi connectivity index (χ1n) is 7.47. The molecule has 1 heterocycles. The lowest BCUT2D eigenvalue weighted by Gasteiger charge is -2.19. The first kappa shape index (κ1) is 14.5. The number of hydrogen-bond donors (Lipinski definition) is 0. The maximum absolute atomic E-state index is 5.86. The van der Waals surface area contributed by atoms with Crippen LogP contribution in [-0.4, -0.2) is 10.2 Å². The monoisotopic (exact) mass is 292 g/mol. The topological polar surface area (TPSA) is 35.0 Å². The van der Waals surface area contributed by atoms with Gasteiger partial charge in [0.05, 0.1) is 6.20 Å². The molecule has 0 amide bonds. The van der Waals surface area contributed by atoms with Crippen LogP contribution in [0.2, 0.25) is 0 Å². The number of benzene rings is 2. The van der Waals surface area contributed by atoms with Gasteiger partial charge in [-0.15, -0.1) is 5.10 Å². The Morgan fingerprint density at radius 1 is 0.955 bits per heavy atom. The van der Waals surface area contributed by atoms with Gasteiger partial charge in [0.15, 0.2) is 0 Å². The van der Waals surface area contributed by atoms with Crippen molar-refractivity contribution in [3.8, 4) is 5.88 Å². The molecule has 2 aromatic carbocycles. The second-order valence-electron chi connectivity index (χ2n) is 6.47. The first-order chi connectivity index (χ1) is 10.5. The molecule has 0 radical (unpaired) electrons. The predicted octanol–water partition coefficient (Wildman–Crippen LogP) is 4.51. The fourth-order valence-electron chi connectivity index (χ4n) is 2.36. The molecular weight excluding hydrogens is 272 g/mol. The minimum Gasteiger partial charge on any atom is -0.471 e. The highest BCUT2D eigenvalue weighted by Crippen LogP contribution is 2.24. The summed E-state index contributed by atoms with van der Waals surface area (Å²) < 4.78 is 5.86. The van der Waals surface area contributed by atoms with Gasteiger partial charge in [-0.3, -0.25) is 0 Å². The van der Waals surface area contributed by atoms with Gasteiger partial charge in [0.1, 0.15) is 6.61 Å². The minimum absolute atomic E-state index is 0.167. The normalized spacial score (nSPS) is 11.6. The van der Waals surface area contributed by atoms with Gasteiger partial charge in [-0.2, -0.15) is 5.10 Å². The highest BCUT2D eigenvalue weighted by molar-refractivity contribution is 5.85. The smallest absolute Gasteiger partial charge is 0.241 e. The van der Waals surface area contributed by atoms with Gasteiger partial charge in [-0.1, -0.05) is 63.2 Å². The molecule has 0 bridgehead atoms. The van der Waals surface area contributed by atoms with E-state index in [4.69, 9.17) is 4.74 Å². The van der Waals surface area contributed by atoms with Crippen LogP contribution in [0.25, 0.3) is 10.8 Å². The molecule has 3 heteroatoms. The maximum atomic E-state index is 5.86. The van der Waals surface area contributed by atoms with Crippen LogP contribution < -0.4 is 4.74 Å². The first-order valence-corrected chi connectivity index (χ1v) is 7.47. The third kappa shape index (κ3) is 3.08. The number of hydrogen-bond acceptors (Lipinski definition) is 3. The maximum Gasteiger partial charge on any atom is 0.241 e. The summed E-state index contributed by atoms with van der Waals surface area (Å²) in [7, 11) is 0. The molecule has 112 valence electrons. The van der Waals surface area contributed by atoms with Crippen molar-refractivity contribution in [1.29, 1.82) is 0 Å². The molecule has 3 aromatic rings. The summed E-state index contributed by atoms with van der Waals surface area (Å²) in [5.41, 5.74) is 2.62. The van der Waals surface area contributed by atoms with Crippen LogP contribution in [0.15, 0.2) is 54.7 Å². The number of fused-ring (bicyclic) bond motifs is 1. The van der Waals surface area contributed by atoms with Crippen molar-refractivity contribution in [1.82, 2.24) is 10.2 Å². The van der Waals surface area contributed by atoms with Crippen molar-refractivity contribution in [2.24, 2.45) is 0 Å². The van der Waals surface area contributed by atoms with Crippen LogP contribution >= 0.6 is 0 Å². The van der Waals surface area contributed by atoms with Crippen LogP contribution in [0.1, 0.15) is 31.9 Å². The van der Waals surface area contributed by atoms with Crippen LogP contribution in [0, 0.1) is 0 Å². The van der Waals surface area contributed by atoms with E-state index in [1.807, 2.05) is 24.3 Å². The zero-order chi connectivity index (χ0) is 15.6. The zero-order valence-corrected chi connectivity index (χ0v) is 13.2. The molecule has 0 fully saturated rings. The largest absolute Gasteiger partial charge is 0.471 e. The molecular formula is C19H20N2O. The lowest BCUT2D eigenvalue weighted by Crippen LogP contribution is -2.10. The molecule has 3 nitrogen and oxygen atoms in total. The average Bonchev–Trinajstić information content (AvgIpc) is 2.52. The van der Waals surface area contributed by atoms with Crippen molar-refractivity contribution in [3.05, 3.63) is 65.9 Å². The van der Waals surface area contributed by atoms with Gasteiger partial charge in [-0.05, 0) is 22.6 Å². The van der Waals surface area contributed by atoms with Gasteiger partial charge in [0, 0.05) is 10.8 Å². The molecule has 0 unspecified atom stereocenters. The zero-order valence-electron chi connectivity index (χ0n) is 13.2. The van der Waals surface area contributed by atoms with E-state index >= 15 is 0 Å². The van der Waals surface area contributed by atoms with E-state index < -0.39 is 0 Å². The Morgan fingerprint density at radius 3 is 2.41 bits per heavy atom. The molecule has 0 aliphatic rings. The van der Waals surface area contributed by atoms with Crippen molar-refractivity contribution in [3.63, 3.8) is 0 Å². The second kappa shape index (κ2) is 5.76. The highest BCUT2D eigenvalue weighted by atomic mass is 16.5. The quantitative estimate of drug-likeness (QED) is 0.712. The van der Waals surface area contributed by atoms with Crippen molar-refractivity contribution in [2.45, 2.75) is 32.8 Å². The SMILES string of the molecule is CC(C)(C)c1ccc(COc2nncc3ccccc23)cc1. The summed E-state index contributed by atoms with van der Waals surface area (Å²) in [6, 6.07) is 16.5. The summed E-state index contributed by atoms with van der Waals surface area (Å²) in [5, 5.41) is 10.1.